The smallest absolute Gasteiger partial charge is 0.122 e. The third-order valence-electron chi connectivity index (χ3n) is 3.44. The Balaban J connectivity index is 1.98. The van der Waals surface area contributed by atoms with Gasteiger partial charge >= 0.3 is 0 Å². The Morgan fingerprint density at radius 1 is 0.900 bits per heavy atom. The van der Waals surface area contributed by atoms with Crippen LogP contribution < -0.4 is 9.47 Å². The molecule has 0 aliphatic heterocycles. The van der Waals surface area contributed by atoms with E-state index in [2.05, 4.69) is 41.1 Å². The lowest BCUT2D eigenvalue weighted by molar-refractivity contribution is 0.393. The first-order valence-electron chi connectivity index (χ1n) is 6.56. The molecular weight excluding hydrogens is 250 g/mol. The van der Waals surface area contributed by atoms with Gasteiger partial charge in [0.05, 0.1) is 14.2 Å². The van der Waals surface area contributed by atoms with E-state index in [1.165, 1.54) is 10.9 Å². The quantitative estimate of drug-likeness (QED) is 0.719. The Labute approximate surface area is 118 Å². The van der Waals surface area contributed by atoms with Gasteiger partial charge in [0, 0.05) is 24.3 Å². The predicted octanol–water partition coefficient (Wildman–Crippen LogP) is 3.71. The monoisotopic (exact) mass is 267 g/mol. The van der Waals surface area contributed by atoms with Crippen molar-refractivity contribution in [3.05, 3.63) is 60.3 Å². The van der Waals surface area contributed by atoms with Gasteiger partial charge in [-0.1, -0.05) is 18.2 Å². The molecule has 20 heavy (non-hydrogen) atoms. The maximum Gasteiger partial charge on any atom is 0.122 e. The fraction of sp³-hybridized carbons (Fsp3) is 0.176. The maximum absolute atomic E-state index is 5.31. The number of benzene rings is 2. The first kappa shape index (κ1) is 12.6. The molecule has 0 N–H and O–H groups in total. The van der Waals surface area contributed by atoms with Crippen molar-refractivity contribution in [2.24, 2.45) is 0 Å². The topological polar surface area (TPSA) is 23.4 Å². The lowest BCUT2D eigenvalue weighted by Crippen LogP contribution is -1.99. The molecule has 0 amide bonds. The third-order valence-corrected chi connectivity index (χ3v) is 3.44. The van der Waals surface area contributed by atoms with E-state index >= 15 is 0 Å². The van der Waals surface area contributed by atoms with E-state index in [1.54, 1.807) is 14.2 Å². The van der Waals surface area contributed by atoms with Crippen molar-refractivity contribution in [1.82, 2.24) is 4.57 Å². The molecule has 3 nitrogen and oxygen atoms in total. The van der Waals surface area contributed by atoms with Crippen molar-refractivity contribution in [1.29, 1.82) is 0 Å². The summed E-state index contributed by atoms with van der Waals surface area (Å²) in [6.07, 6.45) is 2.11. The average Bonchev–Trinajstić information content (AvgIpc) is 2.90. The lowest BCUT2D eigenvalue weighted by atomic mass is 10.2. The Morgan fingerprint density at radius 2 is 1.60 bits per heavy atom. The summed E-state index contributed by atoms with van der Waals surface area (Å²) in [5, 5.41) is 1.25. The van der Waals surface area contributed by atoms with E-state index in [4.69, 9.17) is 9.47 Å². The summed E-state index contributed by atoms with van der Waals surface area (Å²) < 4.78 is 12.9. The molecule has 3 aromatic rings. The first-order chi connectivity index (χ1) is 9.80. The number of hydrogen-bond donors (Lipinski definition) is 0. The summed E-state index contributed by atoms with van der Waals surface area (Å²) in [7, 11) is 3.34. The summed E-state index contributed by atoms with van der Waals surface area (Å²) in [4.78, 5) is 0. The van der Waals surface area contributed by atoms with Gasteiger partial charge in [0.1, 0.15) is 11.5 Å². The highest BCUT2D eigenvalue weighted by molar-refractivity contribution is 5.80. The Hall–Kier alpha value is -2.42. The van der Waals surface area contributed by atoms with Crippen LogP contribution in [0.3, 0.4) is 0 Å². The van der Waals surface area contributed by atoms with E-state index < -0.39 is 0 Å². The summed E-state index contributed by atoms with van der Waals surface area (Å²) in [6.45, 7) is 0.793. The van der Waals surface area contributed by atoms with Gasteiger partial charge in [0.25, 0.3) is 0 Å². The molecule has 0 spiro atoms. The van der Waals surface area contributed by atoms with Crippen LogP contribution in [0, 0.1) is 0 Å². The van der Waals surface area contributed by atoms with Crippen LogP contribution in [0.1, 0.15) is 5.56 Å². The Morgan fingerprint density at radius 3 is 2.30 bits per heavy atom. The maximum atomic E-state index is 5.31. The van der Waals surface area contributed by atoms with Crippen LogP contribution in [0.5, 0.6) is 11.5 Å². The number of aromatic nitrogens is 1. The minimum atomic E-state index is 0.793. The third kappa shape index (κ3) is 2.35. The fourth-order valence-electron chi connectivity index (χ4n) is 2.43. The number of methoxy groups -OCH3 is 2. The first-order valence-corrected chi connectivity index (χ1v) is 6.56. The van der Waals surface area contributed by atoms with Gasteiger partial charge in [0.15, 0.2) is 0 Å². The number of nitrogens with zero attached hydrogens (tertiary/aromatic N) is 1. The van der Waals surface area contributed by atoms with E-state index in [-0.39, 0.29) is 0 Å². The van der Waals surface area contributed by atoms with Gasteiger partial charge in [-0.25, -0.2) is 0 Å². The minimum absolute atomic E-state index is 0.793. The van der Waals surface area contributed by atoms with Gasteiger partial charge < -0.3 is 14.0 Å². The molecule has 1 heterocycles. The van der Waals surface area contributed by atoms with E-state index in [1.807, 2.05) is 18.2 Å². The van der Waals surface area contributed by atoms with Crippen molar-refractivity contribution in [3.8, 4) is 11.5 Å². The highest BCUT2D eigenvalue weighted by Gasteiger charge is 2.05. The molecule has 3 heteroatoms. The lowest BCUT2D eigenvalue weighted by Gasteiger charge is -2.10. The molecule has 0 saturated carbocycles. The predicted molar refractivity (Wildman–Crippen MR) is 80.6 cm³/mol. The molecule has 0 bridgehead atoms. The van der Waals surface area contributed by atoms with E-state index in [9.17, 15) is 0 Å². The Bertz CT molecular complexity index is 708. The number of fused-ring (bicyclic) bond motifs is 1. The molecule has 1 aromatic heterocycles. The standard InChI is InChI=1S/C17H17NO2/c1-19-15-9-13(10-16(11-15)20-2)12-18-8-7-14-5-3-4-6-17(14)18/h3-11H,12H2,1-2H3. The van der Waals surface area contributed by atoms with Gasteiger partial charge in [-0.05, 0) is 35.2 Å². The molecular formula is C17H17NO2. The molecule has 102 valence electrons. The van der Waals surface area contributed by atoms with Crippen LogP contribution in [-0.4, -0.2) is 18.8 Å². The second-order valence-electron chi connectivity index (χ2n) is 4.72. The zero-order valence-corrected chi connectivity index (χ0v) is 11.7. The fourth-order valence-corrected chi connectivity index (χ4v) is 2.43. The molecule has 0 aliphatic rings. The molecule has 3 rings (SSSR count). The van der Waals surface area contributed by atoms with Gasteiger partial charge in [-0.3, -0.25) is 0 Å². The molecule has 0 aliphatic carbocycles. The SMILES string of the molecule is COc1cc(Cn2ccc3ccccc32)cc(OC)c1. The minimum Gasteiger partial charge on any atom is -0.497 e. The van der Waals surface area contributed by atoms with Crippen molar-refractivity contribution < 1.29 is 9.47 Å². The summed E-state index contributed by atoms with van der Waals surface area (Å²) in [5.74, 6) is 1.63. The molecule has 0 unspecified atom stereocenters. The van der Waals surface area contributed by atoms with Crippen LogP contribution in [0.25, 0.3) is 10.9 Å². The van der Waals surface area contributed by atoms with Crippen molar-refractivity contribution >= 4 is 10.9 Å². The highest BCUT2D eigenvalue weighted by atomic mass is 16.5. The van der Waals surface area contributed by atoms with E-state index in [0.29, 0.717) is 0 Å². The normalized spacial score (nSPS) is 10.7. The van der Waals surface area contributed by atoms with Gasteiger partial charge in [0.2, 0.25) is 0 Å². The number of hydrogen-bond acceptors (Lipinski definition) is 2. The molecule has 0 saturated heterocycles. The van der Waals surface area contributed by atoms with E-state index in [0.717, 1.165) is 23.6 Å². The summed E-state index contributed by atoms with van der Waals surface area (Å²) in [6, 6.07) is 16.5. The molecule has 0 radical (unpaired) electrons. The summed E-state index contributed by atoms with van der Waals surface area (Å²) >= 11 is 0. The molecule has 2 aromatic carbocycles. The molecule has 0 fully saturated rings. The average molecular weight is 267 g/mol. The van der Waals surface area contributed by atoms with Crippen molar-refractivity contribution in [3.63, 3.8) is 0 Å². The largest absolute Gasteiger partial charge is 0.497 e. The zero-order chi connectivity index (χ0) is 13.9. The van der Waals surface area contributed by atoms with Crippen molar-refractivity contribution in [2.75, 3.05) is 14.2 Å². The zero-order valence-electron chi connectivity index (χ0n) is 11.7. The second kappa shape index (κ2) is 5.29. The Kier molecular flexibility index (Phi) is 3.33. The number of ether oxygens (including phenoxy) is 2. The number of para-hydroxylation sites is 1. The van der Waals surface area contributed by atoms with Crippen LogP contribution in [0.2, 0.25) is 0 Å². The van der Waals surface area contributed by atoms with Crippen LogP contribution in [0.4, 0.5) is 0 Å². The number of rotatable bonds is 4. The van der Waals surface area contributed by atoms with Gasteiger partial charge in [-0.2, -0.15) is 0 Å². The van der Waals surface area contributed by atoms with Crippen LogP contribution in [-0.2, 0) is 6.54 Å². The van der Waals surface area contributed by atoms with Crippen LogP contribution in [0.15, 0.2) is 54.7 Å². The van der Waals surface area contributed by atoms with Crippen molar-refractivity contribution in [2.45, 2.75) is 6.54 Å². The van der Waals surface area contributed by atoms with Gasteiger partial charge in [-0.15, -0.1) is 0 Å². The van der Waals surface area contributed by atoms with Crippen LogP contribution >= 0.6 is 0 Å². The highest BCUT2D eigenvalue weighted by Crippen LogP contribution is 2.24. The second-order valence-corrected chi connectivity index (χ2v) is 4.72. The molecule has 0 atom stereocenters. The summed E-state index contributed by atoms with van der Waals surface area (Å²) in [5.41, 5.74) is 2.39.